The average Bonchev–Trinajstić information content (AvgIpc) is 3.09. The minimum absolute atomic E-state index is 0.0620. The van der Waals surface area contributed by atoms with Gasteiger partial charge in [0.25, 0.3) is 11.7 Å². The molecule has 7 heteroatoms. The molecule has 0 aliphatic carbocycles. The predicted octanol–water partition coefficient (Wildman–Crippen LogP) is 4.58. The van der Waals surface area contributed by atoms with Crippen LogP contribution < -0.4 is 9.47 Å². The van der Waals surface area contributed by atoms with Gasteiger partial charge in [-0.3, -0.25) is 9.59 Å². The van der Waals surface area contributed by atoms with E-state index in [0.29, 0.717) is 54.7 Å². The summed E-state index contributed by atoms with van der Waals surface area (Å²) in [4.78, 5) is 27.6. The Bertz CT molecular complexity index is 1030. The zero-order chi connectivity index (χ0) is 24.7. The van der Waals surface area contributed by atoms with Crippen molar-refractivity contribution in [2.45, 2.75) is 32.7 Å². The largest absolute Gasteiger partial charge is 0.507 e. The smallest absolute Gasteiger partial charge is 0.295 e. The van der Waals surface area contributed by atoms with Crippen molar-refractivity contribution in [3.8, 4) is 11.5 Å². The monoisotopic (exact) mass is 467 g/mol. The van der Waals surface area contributed by atoms with Gasteiger partial charge in [-0.05, 0) is 60.7 Å². The molecule has 182 valence electrons. The molecule has 0 bridgehead atoms. The molecule has 0 aromatic heterocycles. The van der Waals surface area contributed by atoms with Crippen molar-refractivity contribution in [2.75, 3.05) is 34.0 Å². The Labute approximate surface area is 200 Å². The number of ketones is 1. The van der Waals surface area contributed by atoms with E-state index >= 15 is 0 Å². The van der Waals surface area contributed by atoms with Crippen LogP contribution in [0.15, 0.2) is 54.1 Å². The average molecular weight is 468 g/mol. The third-order valence-electron chi connectivity index (χ3n) is 5.79. The van der Waals surface area contributed by atoms with Gasteiger partial charge in [-0.15, -0.1) is 0 Å². The van der Waals surface area contributed by atoms with Crippen LogP contribution in [0.5, 0.6) is 11.5 Å². The molecule has 1 saturated heterocycles. The van der Waals surface area contributed by atoms with Gasteiger partial charge in [0.2, 0.25) is 0 Å². The van der Waals surface area contributed by atoms with E-state index in [-0.39, 0.29) is 11.3 Å². The van der Waals surface area contributed by atoms with Gasteiger partial charge >= 0.3 is 0 Å². The van der Waals surface area contributed by atoms with E-state index in [1.54, 1.807) is 38.5 Å². The molecule has 34 heavy (non-hydrogen) atoms. The van der Waals surface area contributed by atoms with Crippen LogP contribution >= 0.6 is 0 Å². The summed E-state index contributed by atoms with van der Waals surface area (Å²) >= 11 is 0. The Morgan fingerprint density at radius 1 is 1.03 bits per heavy atom. The van der Waals surface area contributed by atoms with Gasteiger partial charge in [0.05, 0.1) is 25.3 Å². The first-order chi connectivity index (χ1) is 16.4. The third kappa shape index (κ3) is 5.78. The summed E-state index contributed by atoms with van der Waals surface area (Å²) in [6, 6.07) is 13.4. The summed E-state index contributed by atoms with van der Waals surface area (Å²) in [5.74, 6) is 0.237. The minimum Gasteiger partial charge on any atom is -0.507 e. The fourth-order valence-electron chi connectivity index (χ4n) is 3.93. The van der Waals surface area contributed by atoms with Crippen molar-refractivity contribution in [1.82, 2.24) is 4.90 Å². The molecule has 0 spiro atoms. The molecule has 1 fully saturated rings. The number of likely N-dealkylation sites (tertiary alicyclic amines) is 1. The van der Waals surface area contributed by atoms with Crippen LogP contribution in [0.3, 0.4) is 0 Å². The molecule has 0 radical (unpaired) electrons. The van der Waals surface area contributed by atoms with Crippen LogP contribution in [0.25, 0.3) is 5.76 Å². The van der Waals surface area contributed by atoms with Crippen molar-refractivity contribution in [3.63, 3.8) is 0 Å². The summed E-state index contributed by atoms with van der Waals surface area (Å²) in [5, 5.41) is 11.1. The molecular weight excluding hydrogens is 434 g/mol. The summed E-state index contributed by atoms with van der Waals surface area (Å²) in [6.45, 7) is 5.60. The van der Waals surface area contributed by atoms with E-state index in [2.05, 4.69) is 13.8 Å². The van der Waals surface area contributed by atoms with Gasteiger partial charge in [-0.25, -0.2) is 0 Å². The van der Waals surface area contributed by atoms with Crippen molar-refractivity contribution in [3.05, 3.63) is 65.2 Å². The molecular formula is C27H33NO6. The van der Waals surface area contributed by atoms with Crippen LogP contribution in [0, 0.1) is 5.92 Å². The Hall–Kier alpha value is -3.32. The molecule has 0 saturated carbocycles. The van der Waals surface area contributed by atoms with Crippen molar-refractivity contribution >= 4 is 17.4 Å². The maximum atomic E-state index is 13.1. The van der Waals surface area contributed by atoms with Crippen molar-refractivity contribution < 1.29 is 28.9 Å². The number of aliphatic hydroxyl groups is 1. The molecule has 1 heterocycles. The Morgan fingerprint density at radius 2 is 1.76 bits per heavy atom. The fourth-order valence-corrected chi connectivity index (χ4v) is 3.93. The summed E-state index contributed by atoms with van der Waals surface area (Å²) < 4.78 is 16.2. The number of carbonyl (C=O) groups is 2. The van der Waals surface area contributed by atoms with Crippen molar-refractivity contribution in [1.29, 1.82) is 0 Å². The number of hydrogen-bond donors (Lipinski definition) is 1. The highest BCUT2D eigenvalue weighted by atomic mass is 16.5. The van der Waals surface area contributed by atoms with E-state index in [1.807, 2.05) is 24.3 Å². The van der Waals surface area contributed by atoms with E-state index in [0.717, 1.165) is 6.42 Å². The lowest BCUT2D eigenvalue weighted by Gasteiger charge is -2.25. The quantitative estimate of drug-likeness (QED) is 0.225. The molecule has 2 aromatic rings. The van der Waals surface area contributed by atoms with Crippen molar-refractivity contribution in [2.24, 2.45) is 5.92 Å². The number of hydrogen-bond acceptors (Lipinski definition) is 6. The van der Waals surface area contributed by atoms with Crippen LogP contribution in [-0.2, 0) is 14.3 Å². The molecule has 1 aliphatic heterocycles. The lowest BCUT2D eigenvalue weighted by Crippen LogP contribution is -2.31. The van der Waals surface area contributed by atoms with Crippen LogP contribution in [-0.4, -0.2) is 55.7 Å². The number of amides is 1. The lowest BCUT2D eigenvalue weighted by molar-refractivity contribution is -0.140. The predicted molar refractivity (Wildman–Crippen MR) is 130 cm³/mol. The number of Topliss-reactive ketones (excluding diaryl/α,β-unsaturated/α-hetero) is 1. The summed E-state index contributed by atoms with van der Waals surface area (Å²) in [6.07, 6.45) is 1.48. The van der Waals surface area contributed by atoms with Gasteiger partial charge < -0.3 is 24.2 Å². The topological polar surface area (TPSA) is 85.3 Å². The standard InChI is InChI=1S/C27H33NO6/c1-18(2)13-16-34-22-8-5-7-20(17-22)24-23(25(29)19-9-11-21(33-4)12-10-19)26(30)27(31)28(24)14-6-15-32-3/h5,7-12,17-18,24,29H,6,13-16H2,1-4H3/b25-23+. The SMILES string of the molecule is COCCCN1C(=O)C(=O)/C(=C(/O)c2ccc(OC)cc2)C1c1cccc(OCCC(C)C)c1. The first-order valence-corrected chi connectivity index (χ1v) is 11.5. The summed E-state index contributed by atoms with van der Waals surface area (Å²) in [5.41, 5.74) is 1.20. The number of nitrogens with zero attached hydrogens (tertiary/aromatic N) is 1. The normalized spacial score (nSPS) is 17.4. The van der Waals surface area contributed by atoms with Crippen LogP contribution in [0.4, 0.5) is 0 Å². The highest BCUT2D eigenvalue weighted by molar-refractivity contribution is 6.46. The second-order valence-corrected chi connectivity index (χ2v) is 8.67. The second kappa shape index (κ2) is 11.7. The van der Waals surface area contributed by atoms with Gasteiger partial charge in [0.15, 0.2) is 0 Å². The number of methoxy groups -OCH3 is 2. The van der Waals surface area contributed by atoms with Gasteiger partial charge in [-0.1, -0.05) is 26.0 Å². The van der Waals surface area contributed by atoms with E-state index in [4.69, 9.17) is 14.2 Å². The number of carbonyl (C=O) groups excluding carboxylic acids is 2. The summed E-state index contributed by atoms with van der Waals surface area (Å²) in [7, 11) is 3.14. The molecule has 1 aliphatic rings. The highest BCUT2D eigenvalue weighted by Crippen LogP contribution is 2.40. The Kier molecular flexibility index (Phi) is 8.71. The Balaban J connectivity index is 2.03. The lowest BCUT2D eigenvalue weighted by atomic mass is 9.95. The minimum atomic E-state index is -0.729. The zero-order valence-electron chi connectivity index (χ0n) is 20.2. The van der Waals surface area contributed by atoms with Crippen LogP contribution in [0.2, 0.25) is 0 Å². The zero-order valence-corrected chi connectivity index (χ0v) is 20.2. The highest BCUT2D eigenvalue weighted by Gasteiger charge is 2.45. The van der Waals surface area contributed by atoms with Gasteiger partial charge in [0.1, 0.15) is 17.3 Å². The molecule has 1 N–H and O–H groups in total. The number of benzene rings is 2. The maximum absolute atomic E-state index is 13.1. The number of rotatable bonds is 11. The van der Waals surface area contributed by atoms with E-state index in [9.17, 15) is 14.7 Å². The maximum Gasteiger partial charge on any atom is 0.295 e. The molecule has 1 atom stereocenters. The van der Waals surface area contributed by atoms with E-state index in [1.165, 1.54) is 4.90 Å². The number of aliphatic hydroxyl groups excluding tert-OH is 1. The third-order valence-corrected chi connectivity index (χ3v) is 5.79. The molecule has 7 nitrogen and oxygen atoms in total. The Morgan fingerprint density at radius 3 is 2.41 bits per heavy atom. The molecule has 2 aromatic carbocycles. The second-order valence-electron chi connectivity index (χ2n) is 8.67. The van der Waals surface area contributed by atoms with Gasteiger partial charge in [-0.2, -0.15) is 0 Å². The first kappa shape index (κ1) is 25.3. The molecule has 1 amide bonds. The first-order valence-electron chi connectivity index (χ1n) is 11.5. The molecule has 1 unspecified atom stereocenters. The van der Waals surface area contributed by atoms with Crippen LogP contribution in [0.1, 0.15) is 43.9 Å². The van der Waals surface area contributed by atoms with Gasteiger partial charge in [0, 0.05) is 25.8 Å². The van der Waals surface area contributed by atoms with E-state index < -0.39 is 17.7 Å². The fraction of sp³-hybridized carbons (Fsp3) is 0.407. The molecule has 3 rings (SSSR count). The number of ether oxygens (including phenoxy) is 3.